The second-order valence-electron chi connectivity index (χ2n) is 5.26. The van der Waals surface area contributed by atoms with Crippen molar-refractivity contribution in [1.82, 2.24) is 4.98 Å². The van der Waals surface area contributed by atoms with E-state index in [0.717, 1.165) is 35.2 Å². The van der Waals surface area contributed by atoms with Gasteiger partial charge in [-0.05, 0) is 48.3 Å². The molecule has 4 heteroatoms. The Morgan fingerprint density at radius 3 is 2.89 bits per heavy atom. The molecule has 1 saturated carbocycles. The molecule has 0 bridgehead atoms. The monoisotopic (exact) mass is 272 g/mol. The van der Waals surface area contributed by atoms with E-state index in [1.165, 1.54) is 0 Å². The summed E-state index contributed by atoms with van der Waals surface area (Å²) in [4.78, 5) is 16.4. The lowest BCUT2D eigenvalue weighted by molar-refractivity contribution is -0.117. The molecule has 98 valence electrons. The molecular weight excluding hydrogens is 256 g/mol. The van der Waals surface area contributed by atoms with Crippen LogP contribution in [0, 0.1) is 5.41 Å². The number of rotatable bonds is 4. The number of nitrogens with one attached hydrogen (secondary N) is 1. The number of thiol groups is 1. The van der Waals surface area contributed by atoms with E-state index in [1.807, 2.05) is 30.3 Å². The second-order valence-corrected chi connectivity index (χ2v) is 5.57. The van der Waals surface area contributed by atoms with Gasteiger partial charge in [0.2, 0.25) is 5.91 Å². The van der Waals surface area contributed by atoms with Crippen molar-refractivity contribution in [2.24, 2.45) is 5.41 Å². The van der Waals surface area contributed by atoms with Crippen molar-refractivity contribution in [2.45, 2.75) is 19.3 Å². The summed E-state index contributed by atoms with van der Waals surface area (Å²) >= 11 is 4.33. The zero-order valence-corrected chi connectivity index (χ0v) is 11.5. The van der Waals surface area contributed by atoms with Gasteiger partial charge < -0.3 is 5.32 Å². The summed E-state index contributed by atoms with van der Waals surface area (Å²) in [6, 6.07) is 9.64. The van der Waals surface area contributed by atoms with E-state index in [9.17, 15) is 4.79 Å². The van der Waals surface area contributed by atoms with Crippen LogP contribution >= 0.6 is 12.6 Å². The maximum Gasteiger partial charge on any atom is 0.224 e. The van der Waals surface area contributed by atoms with Crippen molar-refractivity contribution in [1.29, 1.82) is 0 Å². The fourth-order valence-electron chi connectivity index (χ4n) is 2.31. The van der Waals surface area contributed by atoms with Gasteiger partial charge in [-0.2, -0.15) is 12.6 Å². The smallest absolute Gasteiger partial charge is 0.224 e. The van der Waals surface area contributed by atoms with Crippen LogP contribution in [0.1, 0.15) is 19.3 Å². The van der Waals surface area contributed by atoms with Gasteiger partial charge in [0.15, 0.2) is 0 Å². The Morgan fingerprint density at radius 1 is 1.32 bits per heavy atom. The largest absolute Gasteiger partial charge is 0.325 e. The third-order valence-corrected chi connectivity index (χ3v) is 4.42. The summed E-state index contributed by atoms with van der Waals surface area (Å²) in [5.41, 5.74) is 1.89. The van der Waals surface area contributed by atoms with Gasteiger partial charge in [0, 0.05) is 18.0 Å². The van der Waals surface area contributed by atoms with Crippen LogP contribution < -0.4 is 5.32 Å². The number of anilines is 1. The summed E-state index contributed by atoms with van der Waals surface area (Å²) < 4.78 is 0. The van der Waals surface area contributed by atoms with Crippen LogP contribution in [-0.4, -0.2) is 16.6 Å². The number of amides is 1. The Kier molecular flexibility index (Phi) is 3.19. The van der Waals surface area contributed by atoms with Crippen LogP contribution in [0.15, 0.2) is 36.5 Å². The van der Waals surface area contributed by atoms with E-state index >= 15 is 0 Å². The molecule has 0 unspecified atom stereocenters. The molecule has 3 rings (SSSR count). The van der Waals surface area contributed by atoms with Crippen LogP contribution in [0.3, 0.4) is 0 Å². The standard InChI is InChI=1S/C15H16N2OS/c18-14(9-15(10-19)6-7-15)17-13-5-1-4-12-11(13)3-2-8-16-12/h1-5,8,19H,6-7,9-10H2,(H,17,18). The maximum atomic E-state index is 12.1. The average Bonchev–Trinajstić information content (AvgIpc) is 3.19. The van der Waals surface area contributed by atoms with Gasteiger partial charge in [0.1, 0.15) is 0 Å². The molecule has 19 heavy (non-hydrogen) atoms. The van der Waals surface area contributed by atoms with Crippen molar-refractivity contribution in [3.8, 4) is 0 Å². The van der Waals surface area contributed by atoms with Gasteiger partial charge in [-0.1, -0.05) is 6.07 Å². The van der Waals surface area contributed by atoms with E-state index < -0.39 is 0 Å². The number of carbonyl (C=O) groups excluding carboxylic acids is 1. The first-order valence-corrected chi connectivity index (χ1v) is 7.10. The summed E-state index contributed by atoms with van der Waals surface area (Å²) in [7, 11) is 0. The maximum absolute atomic E-state index is 12.1. The van der Waals surface area contributed by atoms with Crippen LogP contribution in [0.25, 0.3) is 10.9 Å². The summed E-state index contributed by atoms with van der Waals surface area (Å²) in [5.74, 6) is 0.861. The van der Waals surface area contributed by atoms with Crippen LogP contribution in [0.5, 0.6) is 0 Å². The molecule has 1 aromatic carbocycles. The van der Waals surface area contributed by atoms with Gasteiger partial charge in [-0.25, -0.2) is 0 Å². The minimum absolute atomic E-state index is 0.0721. The molecule has 2 aromatic rings. The highest BCUT2D eigenvalue weighted by Gasteiger charge is 2.42. The highest BCUT2D eigenvalue weighted by Crippen LogP contribution is 2.49. The number of aromatic nitrogens is 1. The Balaban J connectivity index is 1.80. The van der Waals surface area contributed by atoms with E-state index in [1.54, 1.807) is 6.20 Å². The van der Waals surface area contributed by atoms with Gasteiger partial charge in [0.25, 0.3) is 0 Å². The van der Waals surface area contributed by atoms with Gasteiger partial charge in [-0.3, -0.25) is 9.78 Å². The van der Waals surface area contributed by atoms with Crippen molar-refractivity contribution in [2.75, 3.05) is 11.1 Å². The molecule has 1 aliphatic carbocycles. The third-order valence-electron chi connectivity index (χ3n) is 3.75. The van der Waals surface area contributed by atoms with E-state index in [4.69, 9.17) is 0 Å². The molecule has 1 fully saturated rings. The number of fused-ring (bicyclic) bond motifs is 1. The summed E-state index contributed by atoms with van der Waals surface area (Å²) in [5, 5.41) is 3.98. The Labute approximate surface area is 117 Å². The van der Waals surface area contributed by atoms with Crippen molar-refractivity contribution in [3.63, 3.8) is 0 Å². The SMILES string of the molecule is O=C(CC1(CS)CC1)Nc1cccc2ncccc12. The minimum Gasteiger partial charge on any atom is -0.325 e. The summed E-state index contributed by atoms with van der Waals surface area (Å²) in [6.07, 6.45) is 4.54. The second kappa shape index (κ2) is 4.85. The van der Waals surface area contributed by atoms with E-state index in [-0.39, 0.29) is 11.3 Å². The topological polar surface area (TPSA) is 42.0 Å². The van der Waals surface area contributed by atoms with Crippen LogP contribution in [-0.2, 0) is 4.79 Å². The first-order valence-electron chi connectivity index (χ1n) is 6.47. The number of benzene rings is 1. The number of hydrogen-bond acceptors (Lipinski definition) is 3. The molecule has 1 heterocycles. The minimum atomic E-state index is 0.0721. The Bertz CT molecular complexity index is 617. The summed E-state index contributed by atoms with van der Waals surface area (Å²) in [6.45, 7) is 0. The van der Waals surface area contributed by atoms with Crippen molar-refractivity contribution < 1.29 is 4.79 Å². The molecule has 1 amide bonds. The Hall–Kier alpha value is -1.55. The third kappa shape index (κ3) is 2.59. The molecule has 0 saturated heterocycles. The molecule has 3 nitrogen and oxygen atoms in total. The van der Waals surface area contributed by atoms with Crippen LogP contribution in [0.4, 0.5) is 5.69 Å². The van der Waals surface area contributed by atoms with Gasteiger partial charge >= 0.3 is 0 Å². The van der Waals surface area contributed by atoms with Gasteiger partial charge in [0.05, 0.1) is 11.2 Å². The fourth-order valence-corrected chi connectivity index (χ4v) is 2.74. The Morgan fingerprint density at radius 2 is 2.16 bits per heavy atom. The molecule has 0 spiro atoms. The van der Waals surface area contributed by atoms with Gasteiger partial charge in [-0.15, -0.1) is 0 Å². The van der Waals surface area contributed by atoms with Crippen molar-refractivity contribution in [3.05, 3.63) is 36.5 Å². The number of hydrogen-bond donors (Lipinski definition) is 2. The van der Waals surface area contributed by atoms with E-state index in [0.29, 0.717) is 6.42 Å². The first-order chi connectivity index (χ1) is 9.22. The lowest BCUT2D eigenvalue weighted by Gasteiger charge is -2.12. The first kappa shape index (κ1) is 12.5. The number of carbonyl (C=O) groups is 1. The number of nitrogens with zero attached hydrogens (tertiary/aromatic N) is 1. The molecule has 1 aliphatic rings. The predicted molar refractivity (Wildman–Crippen MR) is 80.5 cm³/mol. The highest BCUT2D eigenvalue weighted by atomic mass is 32.1. The molecule has 0 aliphatic heterocycles. The molecule has 0 radical (unpaired) electrons. The van der Waals surface area contributed by atoms with Crippen LogP contribution in [0.2, 0.25) is 0 Å². The average molecular weight is 272 g/mol. The highest BCUT2D eigenvalue weighted by molar-refractivity contribution is 7.80. The zero-order chi connectivity index (χ0) is 13.3. The normalized spacial score (nSPS) is 16.3. The molecule has 0 atom stereocenters. The lowest BCUT2D eigenvalue weighted by Crippen LogP contribution is -2.18. The molecular formula is C15H16N2OS. The quantitative estimate of drug-likeness (QED) is 0.839. The lowest BCUT2D eigenvalue weighted by atomic mass is 10.0. The fraction of sp³-hybridized carbons (Fsp3) is 0.333. The predicted octanol–water partition coefficient (Wildman–Crippen LogP) is 3.27. The molecule has 1 N–H and O–H groups in total. The molecule has 1 aromatic heterocycles. The number of pyridine rings is 1. The zero-order valence-electron chi connectivity index (χ0n) is 10.6. The van der Waals surface area contributed by atoms with E-state index in [2.05, 4.69) is 22.9 Å². The van der Waals surface area contributed by atoms with Crippen molar-refractivity contribution >= 4 is 35.1 Å².